The van der Waals surface area contributed by atoms with Crippen LogP contribution < -0.4 is 5.32 Å². The molecule has 3 aromatic carbocycles. The van der Waals surface area contributed by atoms with Crippen molar-refractivity contribution < 1.29 is 29.0 Å². The lowest BCUT2D eigenvalue weighted by Gasteiger charge is -2.33. The number of hydrogen-bond acceptors (Lipinski definition) is 7. The van der Waals surface area contributed by atoms with Gasteiger partial charge in [0.2, 0.25) is 11.8 Å². The van der Waals surface area contributed by atoms with Crippen LogP contribution in [0.25, 0.3) is 44.4 Å². The van der Waals surface area contributed by atoms with Gasteiger partial charge in [-0.2, -0.15) is 0 Å². The molecule has 2 aliphatic heterocycles. The van der Waals surface area contributed by atoms with E-state index in [1.807, 2.05) is 52.0 Å². The van der Waals surface area contributed by atoms with Gasteiger partial charge in [0.05, 0.1) is 31.1 Å². The number of carbonyl (C=O) groups excluding carboxylic acids is 3. The van der Waals surface area contributed by atoms with E-state index in [2.05, 4.69) is 65.5 Å². The first kappa shape index (κ1) is 43.2. The number of carboxylic acid groups (broad SMARTS) is 1. The van der Waals surface area contributed by atoms with Crippen molar-refractivity contribution in [3.63, 3.8) is 0 Å². The molecule has 2 unspecified atom stereocenters. The van der Waals surface area contributed by atoms with Gasteiger partial charge in [-0.3, -0.25) is 14.5 Å². The third-order valence-electron chi connectivity index (χ3n) is 12.1. The zero-order valence-electron chi connectivity index (χ0n) is 35.9. The minimum Gasteiger partial charge on any atom is -0.465 e. The summed E-state index contributed by atoms with van der Waals surface area (Å²) in [5.41, 5.74) is 5.31. The normalized spacial score (nSPS) is 20.0. The minimum atomic E-state index is -1.13. The molecule has 0 saturated carbocycles. The number of nitrogens with zero attached hydrogens (tertiary/aromatic N) is 5. The summed E-state index contributed by atoms with van der Waals surface area (Å²) in [6.07, 6.45) is 1.46. The van der Waals surface area contributed by atoms with Crippen LogP contribution in [0, 0.1) is 23.7 Å². The molecule has 0 aliphatic carbocycles. The molecule has 4 N–H and O–H groups in total. The molecular formula is C46H55ClN8O6. The average Bonchev–Trinajstić information content (AvgIpc) is 4.05. The van der Waals surface area contributed by atoms with Gasteiger partial charge in [-0.25, -0.2) is 19.6 Å². The van der Waals surface area contributed by atoms with E-state index in [1.54, 1.807) is 16.0 Å². The molecule has 4 heterocycles. The lowest BCUT2D eigenvalue weighted by atomic mass is 9.98. The lowest BCUT2D eigenvalue weighted by Crippen LogP contribution is -2.51. The first-order valence-corrected chi connectivity index (χ1v) is 21.3. The molecule has 0 spiro atoms. The number of ether oxygens (including phenoxy) is 1. The fourth-order valence-corrected chi connectivity index (χ4v) is 9.19. The summed E-state index contributed by atoms with van der Waals surface area (Å²) in [4.78, 5) is 72.5. The number of benzene rings is 3. The monoisotopic (exact) mass is 850 g/mol. The van der Waals surface area contributed by atoms with Gasteiger partial charge in [-0.05, 0) is 70.5 Å². The van der Waals surface area contributed by atoms with Crippen molar-refractivity contribution in [3.8, 4) is 33.6 Å². The van der Waals surface area contributed by atoms with Crippen molar-refractivity contribution in [1.29, 1.82) is 0 Å². The van der Waals surface area contributed by atoms with Crippen LogP contribution in [0.4, 0.5) is 9.59 Å². The van der Waals surface area contributed by atoms with Gasteiger partial charge in [0, 0.05) is 31.3 Å². The summed E-state index contributed by atoms with van der Waals surface area (Å²) in [6.45, 7) is 12.8. The number of rotatable bonds is 11. The minimum absolute atomic E-state index is 0.145. The molecule has 15 heteroatoms. The number of fused-ring (bicyclic) bond motifs is 1. The molecule has 2 aromatic heterocycles. The van der Waals surface area contributed by atoms with Gasteiger partial charge in [0.15, 0.2) is 0 Å². The van der Waals surface area contributed by atoms with Crippen LogP contribution in [-0.2, 0) is 14.3 Å². The first-order chi connectivity index (χ1) is 29.0. The highest BCUT2D eigenvalue weighted by Gasteiger charge is 2.42. The Bertz CT molecular complexity index is 2430. The Morgan fingerprint density at radius 2 is 1.36 bits per heavy atom. The molecule has 0 radical (unpaired) electrons. The van der Waals surface area contributed by atoms with Crippen LogP contribution >= 0.6 is 11.6 Å². The van der Waals surface area contributed by atoms with Crippen LogP contribution in [0.1, 0.15) is 78.1 Å². The molecule has 7 rings (SSSR count). The van der Waals surface area contributed by atoms with Gasteiger partial charge in [-0.15, -0.1) is 0 Å². The average molecular weight is 851 g/mol. The largest absolute Gasteiger partial charge is 0.465 e. The number of aromatic nitrogens is 4. The van der Waals surface area contributed by atoms with Crippen molar-refractivity contribution in [1.82, 2.24) is 40.0 Å². The number of carbonyl (C=O) groups is 4. The molecule has 61 heavy (non-hydrogen) atoms. The predicted octanol–water partition coefficient (Wildman–Crippen LogP) is 8.77. The van der Waals surface area contributed by atoms with E-state index >= 15 is 0 Å². The van der Waals surface area contributed by atoms with E-state index in [-0.39, 0.29) is 47.6 Å². The topological polar surface area (TPSA) is 177 Å². The van der Waals surface area contributed by atoms with Crippen molar-refractivity contribution in [2.45, 2.75) is 78.6 Å². The van der Waals surface area contributed by atoms with E-state index in [0.29, 0.717) is 42.0 Å². The van der Waals surface area contributed by atoms with Crippen LogP contribution in [0.3, 0.4) is 0 Å². The molecule has 6 atom stereocenters. The van der Waals surface area contributed by atoms with E-state index in [1.165, 1.54) is 14.2 Å². The molecule has 322 valence electrons. The summed E-state index contributed by atoms with van der Waals surface area (Å²) >= 11 is 6.77. The Hall–Kier alpha value is -5.89. The number of hydrogen-bond donors (Lipinski definition) is 4. The number of halogens is 1. The first-order valence-electron chi connectivity index (χ1n) is 20.9. The van der Waals surface area contributed by atoms with Crippen LogP contribution in [0.5, 0.6) is 0 Å². The molecule has 2 saturated heterocycles. The molecule has 0 bridgehead atoms. The fourth-order valence-electron chi connectivity index (χ4n) is 8.95. The fraction of sp³-hybridized carbons (Fsp3) is 0.435. The third-order valence-corrected chi connectivity index (χ3v) is 12.4. The predicted molar refractivity (Wildman–Crippen MR) is 235 cm³/mol. The van der Waals surface area contributed by atoms with Gasteiger partial charge in [-0.1, -0.05) is 102 Å². The van der Waals surface area contributed by atoms with Gasteiger partial charge in [0.25, 0.3) is 0 Å². The highest BCUT2D eigenvalue weighted by atomic mass is 35.5. The highest BCUT2D eigenvalue weighted by Crippen LogP contribution is 2.39. The summed E-state index contributed by atoms with van der Waals surface area (Å²) in [5, 5.41) is 14.9. The number of likely N-dealkylation sites (N-methyl/N-ethyl adjacent to an activating group) is 1. The molecule has 4 amide bonds. The molecule has 14 nitrogen and oxygen atoms in total. The van der Waals surface area contributed by atoms with Crippen LogP contribution in [0.2, 0.25) is 5.15 Å². The highest BCUT2D eigenvalue weighted by molar-refractivity contribution is 6.32. The van der Waals surface area contributed by atoms with Crippen molar-refractivity contribution in [2.24, 2.45) is 23.7 Å². The lowest BCUT2D eigenvalue weighted by molar-refractivity contribution is -0.138. The zero-order valence-corrected chi connectivity index (χ0v) is 36.7. The summed E-state index contributed by atoms with van der Waals surface area (Å²) in [5.74, 6) is 1.05. The van der Waals surface area contributed by atoms with Gasteiger partial charge < -0.3 is 34.9 Å². The Morgan fingerprint density at radius 3 is 1.95 bits per heavy atom. The van der Waals surface area contributed by atoms with Gasteiger partial charge >= 0.3 is 12.2 Å². The second-order valence-corrected chi connectivity index (χ2v) is 17.8. The smallest absolute Gasteiger partial charge is 0.407 e. The van der Waals surface area contributed by atoms with E-state index in [0.717, 1.165) is 50.0 Å². The summed E-state index contributed by atoms with van der Waals surface area (Å²) < 4.78 is 4.78. The second-order valence-electron chi connectivity index (χ2n) is 17.5. The van der Waals surface area contributed by atoms with Crippen molar-refractivity contribution in [2.75, 3.05) is 27.2 Å². The molecule has 2 fully saturated rings. The Balaban J connectivity index is 1.06. The van der Waals surface area contributed by atoms with E-state index < -0.39 is 24.3 Å². The number of imidazole rings is 2. The van der Waals surface area contributed by atoms with E-state index in [4.69, 9.17) is 26.3 Å². The number of H-pyrrole nitrogens is 2. The maximum atomic E-state index is 13.8. The summed E-state index contributed by atoms with van der Waals surface area (Å²) in [6, 6.07) is 18.5. The number of alkyl carbamates (subject to hydrolysis) is 1. The maximum Gasteiger partial charge on any atom is 0.407 e. The van der Waals surface area contributed by atoms with Crippen molar-refractivity contribution in [3.05, 3.63) is 83.7 Å². The molecular weight excluding hydrogens is 796 g/mol. The number of likely N-dealkylation sites (tertiary alicyclic amines) is 2. The van der Waals surface area contributed by atoms with Crippen LogP contribution in [-0.4, -0.2) is 103 Å². The Kier molecular flexibility index (Phi) is 12.5. The number of aromatic amines is 2. The number of methoxy groups -OCH3 is 1. The SMILES string of the molecule is COC(=O)N[C@H](C(=O)N1CC(C)CC1c1nc(-c2ccc(-c3ccc4cc(-c5cnc([C@@H]6C[C@H](C)CN6C(=O)[C@H](C(C)C)N(C)C(=O)O)[nH]5)ccc4c3)cc2)c(Cl)[nH]1)C(C)C. The molecule has 5 aromatic rings. The standard InChI is InChI=1S/C46H55ClN8O6/c1-24(2)37(51-45(58)61-8)43(56)54-22-27(6)18-36(54)42-50-38(40(47)52-42)29-11-9-28(10-12-29)30-13-14-32-20-33(16-15-31(32)19-30)34-21-48-41(49-34)35-17-26(5)23-55(35)44(57)39(25(3)4)53(7)46(59)60/h9-16,19-21,24-27,35-37,39H,17-18,22-23H2,1-8H3,(H,48,49)(H,50,52)(H,51,58)(H,59,60)/t26-,27?,35-,36?,37-,39-/m0/s1. The maximum absolute atomic E-state index is 13.8. The van der Waals surface area contributed by atoms with Crippen LogP contribution in [0.15, 0.2) is 66.9 Å². The van der Waals surface area contributed by atoms with Gasteiger partial charge in [0.1, 0.15) is 34.6 Å². The molecule has 2 aliphatic rings. The third kappa shape index (κ3) is 8.81. The second kappa shape index (κ2) is 17.6. The Morgan fingerprint density at radius 1 is 0.803 bits per heavy atom. The van der Waals surface area contributed by atoms with E-state index in [9.17, 15) is 24.3 Å². The quantitative estimate of drug-likeness (QED) is 0.102. The number of nitrogens with one attached hydrogen (secondary N) is 3. The number of amides is 4. The zero-order chi connectivity index (χ0) is 43.9. The van der Waals surface area contributed by atoms with Crippen molar-refractivity contribution >= 4 is 46.4 Å². The Labute approximate surface area is 361 Å². The summed E-state index contributed by atoms with van der Waals surface area (Å²) in [7, 11) is 2.73.